The molecule has 3 rings (SSSR count). The summed E-state index contributed by atoms with van der Waals surface area (Å²) in [6.07, 6.45) is 1.70. The van der Waals surface area contributed by atoms with E-state index in [1.54, 1.807) is 18.4 Å². The van der Waals surface area contributed by atoms with E-state index in [0.29, 0.717) is 5.02 Å². The van der Waals surface area contributed by atoms with E-state index in [0.717, 1.165) is 44.2 Å². The second-order valence-corrected chi connectivity index (χ2v) is 6.50. The van der Waals surface area contributed by atoms with Crippen LogP contribution in [0, 0.1) is 0 Å². The number of hydrogen-bond acceptors (Lipinski definition) is 4. The Kier molecular flexibility index (Phi) is 5.56. The molecule has 1 aromatic carbocycles. The molecule has 1 fully saturated rings. The van der Waals surface area contributed by atoms with Crippen molar-refractivity contribution in [1.29, 1.82) is 0 Å². The Morgan fingerprint density at radius 1 is 1.21 bits per heavy atom. The fourth-order valence-electron chi connectivity index (χ4n) is 2.88. The van der Waals surface area contributed by atoms with Crippen molar-refractivity contribution in [2.45, 2.75) is 19.5 Å². The van der Waals surface area contributed by atoms with Gasteiger partial charge in [0.1, 0.15) is 5.76 Å². The third-order valence-corrected chi connectivity index (χ3v) is 4.66. The van der Waals surface area contributed by atoms with Crippen molar-refractivity contribution in [3.63, 3.8) is 0 Å². The number of nitrogens with one attached hydrogen (secondary N) is 1. The van der Waals surface area contributed by atoms with Crippen LogP contribution < -0.4 is 5.32 Å². The molecule has 0 saturated carbocycles. The van der Waals surface area contributed by atoms with Crippen molar-refractivity contribution in [1.82, 2.24) is 9.80 Å². The van der Waals surface area contributed by atoms with Gasteiger partial charge in [-0.1, -0.05) is 11.6 Å². The lowest BCUT2D eigenvalue weighted by molar-refractivity contribution is -0.121. The first-order chi connectivity index (χ1) is 11.6. The molecule has 0 bridgehead atoms. The number of carbonyl (C=O) groups excluding carboxylic acids is 1. The maximum Gasteiger partial charge on any atom is 0.241 e. The molecular weight excluding hydrogens is 326 g/mol. The van der Waals surface area contributed by atoms with Crippen molar-refractivity contribution in [2.75, 3.05) is 31.5 Å². The molecule has 0 unspecified atom stereocenters. The number of benzene rings is 1. The predicted octanol–water partition coefficient (Wildman–Crippen LogP) is 3.08. The smallest absolute Gasteiger partial charge is 0.241 e. The van der Waals surface area contributed by atoms with E-state index in [4.69, 9.17) is 16.0 Å². The van der Waals surface area contributed by atoms with Crippen LogP contribution in [0.3, 0.4) is 0 Å². The molecule has 1 saturated heterocycles. The van der Waals surface area contributed by atoms with Gasteiger partial charge in [-0.25, -0.2) is 0 Å². The molecule has 0 aliphatic carbocycles. The minimum Gasteiger partial charge on any atom is -0.468 e. The monoisotopic (exact) mass is 347 g/mol. The topological polar surface area (TPSA) is 48.7 Å². The average molecular weight is 348 g/mol. The maximum absolute atomic E-state index is 12.4. The van der Waals surface area contributed by atoms with Crippen molar-refractivity contribution in [2.24, 2.45) is 0 Å². The van der Waals surface area contributed by atoms with Gasteiger partial charge in [-0.2, -0.15) is 0 Å². The number of hydrogen-bond donors (Lipinski definition) is 1. The maximum atomic E-state index is 12.4. The van der Waals surface area contributed by atoms with Crippen LogP contribution in [-0.4, -0.2) is 47.9 Å². The van der Waals surface area contributed by atoms with Gasteiger partial charge in [0.2, 0.25) is 5.91 Å². The number of carbonyl (C=O) groups is 1. The van der Waals surface area contributed by atoms with Crippen LogP contribution in [0.4, 0.5) is 5.69 Å². The van der Waals surface area contributed by atoms with E-state index in [2.05, 4.69) is 15.1 Å². The normalized spacial score (nSPS) is 17.6. The number of rotatable bonds is 5. The Bertz CT molecular complexity index is 649. The third kappa shape index (κ3) is 4.38. The minimum absolute atomic E-state index is 0.0109. The quantitative estimate of drug-likeness (QED) is 0.903. The standard InChI is InChI=1S/C18H22ClN3O2/c1-14(18(23)20-16-6-4-15(19)5-7-16)22-10-8-21(9-11-22)13-17-3-2-12-24-17/h2-7,12,14H,8-11,13H2,1H3,(H,20,23)/t14-/m1/s1. The van der Waals surface area contributed by atoms with Gasteiger partial charge in [0, 0.05) is 36.9 Å². The summed E-state index contributed by atoms with van der Waals surface area (Å²) in [6.45, 7) is 6.38. The van der Waals surface area contributed by atoms with E-state index < -0.39 is 0 Å². The fraction of sp³-hybridized carbons (Fsp3) is 0.389. The summed E-state index contributed by atoms with van der Waals surface area (Å²) in [5.74, 6) is 0.994. The Labute approximate surface area is 147 Å². The molecule has 24 heavy (non-hydrogen) atoms. The summed E-state index contributed by atoms with van der Waals surface area (Å²) >= 11 is 5.86. The lowest BCUT2D eigenvalue weighted by Gasteiger charge is -2.37. The van der Waals surface area contributed by atoms with Crippen LogP contribution in [0.2, 0.25) is 5.02 Å². The first-order valence-electron chi connectivity index (χ1n) is 8.17. The number of halogens is 1. The molecular formula is C18H22ClN3O2. The van der Waals surface area contributed by atoms with Crippen LogP contribution in [0.25, 0.3) is 0 Å². The van der Waals surface area contributed by atoms with Gasteiger partial charge in [0.05, 0.1) is 18.8 Å². The highest BCUT2D eigenvalue weighted by Gasteiger charge is 2.25. The first-order valence-corrected chi connectivity index (χ1v) is 8.55. The second kappa shape index (κ2) is 7.83. The van der Waals surface area contributed by atoms with Gasteiger partial charge < -0.3 is 9.73 Å². The summed E-state index contributed by atoms with van der Waals surface area (Å²) in [6, 6.07) is 10.9. The van der Waals surface area contributed by atoms with Gasteiger partial charge in [-0.15, -0.1) is 0 Å². The third-order valence-electron chi connectivity index (χ3n) is 4.41. The molecule has 6 heteroatoms. The van der Waals surface area contributed by atoms with E-state index in [-0.39, 0.29) is 11.9 Å². The molecule has 1 aliphatic heterocycles. The Morgan fingerprint density at radius 3 is 2.54 bits per heavy atom. The average Bonchev–Trinajstić information content (AvgIpc) is 3.10. The van der Waals surface area contributed by atoms with Crippen molar-refractivity contribution >= 4 is 23.2 Å². The number of amides is 1. The van der Waals surface area contributed by atoms with Crippen molar-refractivity contribution in [3.8, 4) is 0 Å². The Balaban J connectivity index is 1.48. The van der Waals surface area contributed by atoms with Crippen LogP contribution in [0.5, 0.6) is 0 Å². The molecule has 128 valence electrons. The lowest BCUT2D eigenvalue weighted by atomic mass is 10.2. The summed E-state index contributed by atoms with van der Waals surface area (Å²) in [5.41, 5.74) is 0.771. The van der Waals surface area contributed by atoms with Crippen molar-refractivity contribution < 1.29 is 9.21 Å². The van der Waals surface area contributed by atoms with Gasteiger partial charge in [0.15, 0.2) is 0 Å². The molecule has 1 aliphatic rings. The number of furan rings is 1. The van der Waals surface area contributed by atoms with Gasteiger partial charge in [-0.3, -0.25) is 14.6 Å². The summed E-state index contributed by atoms with van der Waals surface area (Å²) in [7, 11) is 0. The second-order valence-electron chi connectivity index (χ2n) is 6.06. The summed E-state index contributed by atoms with van der Waals surface area (Å²) < 4.78 is 5.39. The zero-order valence-corrected chi connectivity index (χ0v) is 14.5. The van der Waals surface area contributed by atoms with Crippen molar-refractivity contribution in [3.05, 3.63) is 53.4 Å². The minimum atomic E-state index is -0.161. The highest BCUT2D eigenvalue weighted by molar-refractivity contribution is 6.30. The first kappa shape index (κ1) is 17.0. The fourth-order valence-corrected chi connectivity index (χ4v) is 3.00. The highest BCUT2D eigenvalue weighted by atomic mass is 35.5. The summed E-state index contributed by atoms with van der Waals surface area (Å²) in [4.78, 5) is 17.0. The molecule has 2 heterocycles. The molecule has 1 N–H and O–H groups in total. The largest absolute Gasteiger partial charge is 0.468 e. The van der Waals surface area contributed by atoms with Crippen LogP contribution in [0.15, 0.2) is 47.1 Å². The Hall–Kier alpha value is -1.82. The van der Waals surface area contributed by atoms with E-state index in [1.807, 2.05) is 31.2 Å². The van der Waals surface area contributed by atoms with Gasteiger partial charge in [0.25, 0.3) is 0 Å². The number of anilines is 1. The predicted molar refractivity (Wildman–Crippen MR) is 95.1 cm³/mol. The molecule has 0 spiro atoms. The molecule has 1 atom stereocenters. The van der Waals surface area contributed by atoms with Gasteiger partial charge >= 0.3 is 0 Å². The summed E-state index contributed by atoms with van der Waals surface area (Å²) in [5, 5.41) is 3.61. The Morgan fingerprint density at radius 2 is 1.92 bits per heavy atom. The molecule has 1 amide bonds. The molecule has 5 nitrogen and oxygen atoms in total. The van der Waals surface area contributed by atoms with Crippen LogP contribution >= 0.6 is 11.6 Å². The van der Waals surface area contributed by atoms with Gasteiger partial charge in [-0.05, 0) is 43.3 Å². The molecule has 1 aromatic heterocycles. The zero-order chi connectivity index (χ0) is 16.9. The SMILES string of the molecule is C[C@H](C(=O)Nc1ccc(Cl)cc1)N1CCN(Cc2ccco2)CC1. The van der Waals surface area contributed by atoms with E-state index in [1.165, 1.54) is 0 Å². The lowest BCUT2D eigenvalue weighted by Crippen LogP contribution is -2.52. The van der Waals surface area contributed by atoms with E-state index in [9.17, 15) is 4.79 Å². The number of piperazine rings is 1. The molecule has 2 aromatic rings. The van der Waals surface area contributed by atoms with Crippen LogP contribution in [0.1, 0.15) is 12.7 Å². The highest BCUT2D eigenvalue weighted by Crippen LogP contribution is 2.15. The van der Waals surface area contributed by atoms with Crippen LogP contribution in [-0.2, 0) is 11.3 Å². The zero-order valence-electron chi connectivity index (χ0n) is 13.7. The molecule has 0 radical (unpaired) electrons. The number of nitrogens with zero attached hydrogens (tertiary/aromatic N) is 2. The van der Waals surface area contributed by atoms with E-state index >= 15 is 0 Å².